The van der Waals surface area contributed by atoms with Crippen molar-refractivity contribution in [3.8, 4) is 0 Å². The fourth-order valence-electron chi connectivity index (χ4n) is 1.29. The van der Waals surface area contributed by atoms with Crippen molar-refractivity contribution in [3.63, 3.8) is 0 Å². The van der Waals surface area contributed by atoms with Crippen LogP contribution in [0.25, 0.3) is 0 Å². The summed E-state index contributed by atoms with van der Waals surface area (Å²) in [4.78, 5) is 2.08. The highest BCUT2D eigenvalue weighted by molar-refractivity contribution is 9.10. The van der Waals surface area contributed by atoms with Crippen LogP contribution in [0.15, 0.2) is 68.9 Å². The molecule has 2 rings (SSSR count). The lowest BCUT2D eigenvalue weighted by molar-refractivity contribution is 1.33. The zero-order chi connectivity index (χ0) is 10.7. The zero-order valence-electron chi connectivity index (χ0n) is 7.98. The van der Waals surface area contributed by atoms with E-state index in [2.05, 4.69) is 15.9 Å². The van der Waals surface area contributed by atoms with E-state index in [4.69, 9.17) is 4.78 Å². The minimum Gasteiger partial charge on any atom is -0.271 e. The Hall–Kier alpha value is -0.930. The third kappa shape index (κ3) is 2.36. The molecule has 0 amide bonds. The second-order valence-electron chi connectivity index (χ2n) is 3.05. The van der Waals surface area contributed by atoms with Gasteiger partial charge >= 0.3 is 0 Å². The van der Waals surface area contributed by atoms with E-state index in [-0.39, 0.29) is 0 Å². The van der Waals surface area contributed by atoms with E-state index in [1.165, 1.54) is 0 Å². The Bertz CT molecular complexity index is 482. The van der Waals surface area contributed by atoms with Crippen LogP contribution in [0.3, 0.4) is 0 Å². The molecule has 2 aromatic carbocycles. The number of benzene rings is 2. The van der Waals surface area contributed by atoms with Gasteiger partial charge in [-0.15, -0.1) is 0 Å². The van der Waals surface area contributed by atoms with Gasteiger partial charge in [-0.05, 0) is 50.9 Å². The molecule has 0 spiro atoms. The largest absolute Gasteiger partial charge is 0.271 e. The summed E-state index contributed by atoms with van der Waals surface area (Å²) >= 11 is 3.48. The van der Waals surface area contributed by atoms with Gasteiger partial charge in [-0.3, -0.25) is 4.78 Å². The molecule has 2 aromatic rings. The molecule has 0 saturated heterocycles. The van der Waals surface area contributed by atoms with Crippen LogP contribution < -0.4 is 0 Å². The van der Waals surface area contributed by atoms with Gasteiger partial charge < -0.3 is 0 Å². The Morgan fingerprint density at radius 1 is 0.867 bits per heavy atom. The summed E-state index contributed by atoms with van der Waals surface area (Å²) in [6.45, 7) is 0. The average Bonchev–Trinajstić information content (AvgIpc) is 2.30. The van der Waals surface area contributed by atoms with Crippen molar-refractivity contribution >= 4 is 26.6 Å². The summed E-state index contributed by atoms with van der Waals surface area (Å²) in [5.74, 6) is 0. The third-order valence-corrected chi connectivity index (χ3v) is 4.53. The van der Waals surface area contributed by atoms with E-state index in [0.717, 1.165) is 14.3 Å². The van der Waals surface area contributed by atoms with Crippen LogP contribution in [0, 0.1) is 4.78 Å². The molecule has 0 aliphatic heterocycles. The lowest BCUT2D eigenvalue weighted by Crippen LogP contribution is -1.91. The maximum Gasteiger partial charge on any atom is 0.0371 e. The second-order valence-corrected chi connectivity index (χ2v) is 5.43. The van der Waals surface area contributed by atoms with Crippen LogP contribution in [0.5, 0.6) is 0 Å². The molecule has 0 aliphatic carbocycles. The minimum atomic E-state index is -0.605. The first kappa shape index (κ1) is 10.6. The van der Waals surface area contributed by atoms with Gasteiger partial charge in [-0.2, -0.15) is 0 Å². The summed E-state index contributed by atoms with van der Waals surface area (Å²) in [5.41, 5.74) is 0. The highest BCUT2D eigenvalue weighted by Crippen LogP contribution is 2.24. The van der Waals surface area contributed by atoms with Gasteiger partial charge in [0.1, 0.15) is 0 Å². The number of nitrogens with one attached hydrogen (secondary N) is 1. The van der Waals surface area contributed by atoms with Gasteiger partial charge in [0, 0.05) is 14.3 Å². The van der Waals surface area contributed by atoms with Crippen LogP contribution in [0.2, 0.25) is 0 Å². The molecule has 1 unspecified atom stereocenters. The van der Waals surface area contributed by atoms with Crippen molar-refractivity contribution in [1.82, 2.24) is 0 Å². The number of hydrogen-bond donors (Lipinski definition) is 1. The van der Waals surface area contributed by atoms with Gasteiger partial charge in [0.05, 0.1) is 0 Å². The summed E-state index contributed by atoms with van der Waals surface area (Å²) in [7, 11) is -0.605. The Labute approximate surface area is 100 Å². The number of rotatable bonds is 2. The molecule has 0 saturated carbocycles. The van der Waals surface area contributed by atoms with E-state index < -0.39 is 10.7 Å². The van der Waals surface area contributed by atoms with Crippen LogP contribution in [-0.2, 0) is 10.7 Å². The Morgan fingerprint density at radius 3 is 2.13 bits per heavy atom. The van der Waals surface area contributed by atoms with Gasteiger partial charge in [0.15, 0.2) is 0 Å². The molecule has 15 heavy (non-hydrogen) atoms. The van der Waals surface area contributed by atoms with Crippen molar-refractivity contribution in [1.29, 1.82) is 4.78 Å². The molecular formula is C12H10BrNS. The zero-order valence-corrected chi connectivity index (χ0v) is 10.4. The van der Waals surface area contributed by atoms with Gasteiger partial charge in [-0.25, -0.2) is 0 Å². The van der Waals surface area contributed by atoms with Gasteiger partial charge in [0.2, 0.25) is 0 Å². The van der Waals surface area contributed by atoms with E-state index in [9.17, 15) is 0 Å². The highest BCUT2D eigenvalue weighted by Gasteiger charge is 2.05. The lowest BCUT2D eigenvalue weighted by atomic mass is 10.4. The van der Waals surface area contributed by atoms with Gasteiger partial charge in [0.25, 0.3) is 0 Å². The van der Waals surface area contributed by atoms with Crippen molar-refractivity contribution < 1.29 is 0 Å². The third-order valence-electron chi connectivity index (χ3n) is 2.04. The molecule has 0 heterocycles. The first-order chi connectivity index (χ1) is 7.29. The molecular weight excluding hydrogens is 270 g/mol. The van der Waals surface area contributed by atoms with Gasteiger partial charge in [-0.1, -0.05) is 30.3 Å². The second kappa shape index (κ2) is 4.73. The number of hydrogen-bond acceptors (Lipinski definition) is 1. The maximum atomic E-state index is 8.19. The Balaban J connectivity index is 2.42. The predicted molar refractivity (Wildman–Crippen MR) is 67.2 cm³/mol. The molecule has 3 heteroatoms. The van der Waals surface area contributed by atoms with Crippen molar-refractivity contribution in [2.75, 3.05) is 0 Å². The minimum absolute atomic E-state index is 0.605. The quantitative estimate of drug-likeness (QED) is 0.850. The molecule has 1 N–H and O–H groups in total. The number of halogens is 1. The molecule has 0 radical (unpaired) electrons. The summed E-state index contributed by atoms with van der Waals surface area (Å²) in [6.07, 6.45) is 0. The standard InChI is InChI=1S/C12H10BrNS/c13-11-8-4-5-9-12(11)15(14)10-6-2-1-3-7-10/h1-9,14H. The maximum absolute atomic E-state index is 8.19. The molecule has 0 aliphatic rings. The van der Waals surface area contributed by atoms with Crippen LogP contribution >= 0.6 is 15.9 Å². The van der Waals surface area contributed by atoms with Crippen molar-refractivity contribution in [3.05, 3.63) is 59.1 Å². The van der Waals surface area contributed by atoms with Crippen LogP contribution in [-0.4, -0.2) is 0 Å². The highest BCUT2D eigenvalue weighted by atomic mass is 79.9. The summed E-state index contributed by atoms with van der Waals surface area (Å²) in [5, 5.41) is 0. The van der Waals surface area contributed by atoms with Crippen LogP contribution in [0.1, 0.15) is 0 Å². The fraction of sp³-hybridized carbons (Fsp3) is 0. The monoisotopic (exact) mass is 279 g/mol. The first-order valence-corrected chi connectivity index (χ1v) is 6.56. The Morgan fingerprint density at radius 2 is 1.47 bits per heavy atom. The summed E-state index contributed by atoms with van der Waals surface area (Å²) < 4.78 is 9.20. The smallest absolute Gasteiger partial charge is 0.0371 e. The van der Waals surface area contributed by atoms with Crippen LogP contribution in [0.4, 0.5) is 0 Å². The Kier molecular flexibility index (Phi) is 3.34. The fourth-order valence-corrected chi connectivity index (χ4v) is 3.23. The molecule has 0 bridgehead atoms. The van der Waals surface area contributed by atoms with Crippen molar-refractivity contribution in [2.45, 2.75) is 9.79 Å². The van der Waals surface area contributed by atoms with E-state index in [0.29, 0.717) is 0 Å². The molecule has 0 fully saturated rings. The topological polar surface area (TPSA) is 23.9 Å². The lowest BCUT2D eigenvalue weighted by Gasteiger charge is -2.07. The molecule has 76 valence electrons. The van der Waals surface area contributed by atoms with Crippen molar-refractivity contribution in [2.24, 2.45) is 0 Å². The SMILES string of the molecule is N=S(c1ccccc1)c1ccccc1Br. The molecule has 1 nitrogen and oxygen atoms in total. The normalized spacial score (nSPS) is 12.3. The predicted octanol–water partition coefficient (Wildman–Crippen LogP) is 4.25. The molecule has 1 atom stereocenters. The van der Waals surface area contributed by atoms with E-state index in [1.807, 2.05) is 54.6 Å². The summed E-state index contributed by atoms with van der Waals surface area (Å²) in [6, 6.07) is 17.8. The van der Waals surface area contributed by atoms with E-state index in [1.54, 1.807) is 0 Å². The first-order valence-electron chi connectivity index (χ1n) is 4.54. The molecule has 0 aromatic heterocycles. The average molecular weight is 280 g/mol. The van der Waals surface area contributed by atoms with E-state index >= 15 is 0 Å².